The predicted octanol–water partition coefficient (Wildman–Crippen LogP) is 0.834. The number of carbonyl (C=O) groups excluding carboxylic acids is 1. The third-order valence-corrected chi connectivity index (χ3v) is 0.948. The van der Waals surface area contributed by atoms with E-state index in [-0.39, 0.29) is 6.03 Å². The van der Waals surface area contributed by atoms with Crippen LogP contribution >= 0.6 is 0 Å². The maximum absolute atomic E-state index is 10.8. The van der Waals surface area contributed by atoms with Crippen molar-refractivity contribution < 1.29 is 4.79 Å². The Morgan fingerprint density at radius 1 is 1.60 bits per heavy atom. The highest BCUT2D eigenvalue weighted by atomic mass is 16.2. The van der Waals surface area contributed by atoms with Gasteiger partial charge in [-0.15, -0.1) is 0 Å². The lowest BCUT2D eigenvalue weighted by molar-refractivity contribution is 0.218. The highest BCUT2D eigenvalue weighted by Gasteiger charge is 1.99. The zero-order chi connectivity index (χ0) is 8.15. The molecule has 0 saturated heterocycles. The quantitative estimate of drug-likeness (QED) is 0.569. The van der Waals surface area contributed by atoms with Crippen molar-refractivity contribution in [1.82, 2.24) is 10.2 Å². The molecule has 3 nitrogen and oxygen atoms in total. The second kappa shape index (κ2) is 3.93. The number of hydrogen-bond acceptors (Lipinski definition) is 1. The largest absolute Gasteiger partial charge is 0.334 e. The summed E-state index contributed by atoms with van der Waals surface area (Å²) < 4.78 is 0. The normalized spacial score (nSPS) is 8.70. The second-order valence-electron chi connectivity index (χ2n) is 2.51. The molecule has 0 aliphatic heterocycles. The molecule has 0 radical (unpaired) electrons. The first-order chi connectivity index (χ1) is 4.54. The summed E-state index contributed by atoms with van der Waals surface area (Å²) in [5.41, 5.74) is 0.954. The number of nitrogens with zero attached hydrogens (tertiary/aromatic N) is 1. The van der Waals surface area contributed by atoms with Gasteiger partial charge in [-0.2, -0.15) is 0 Å². The van der Waals surface area contributed by atoms with Gasteiger partial charge >= 0.3 is 6.03 Å². The first kappa shape index (κ1) is 9.01. The molecule has 0 aromatic carbocycles. The third kappa shape index (κ3) is 3.95. The minimum absolute atomic E-state index is 0.0806. The smallest absolute Gasteiger partial charge is 0.317 e. The van der Waals surface area contributed by atoms with Gasteiger partial charge in [0, 0.05) is 20.6 Å². The number of amides is 2. The van der Waals surface area contributed by atoms with Crippen LogP contribution in [0, 0.1) is 0 Å². The fourth-order valence-electron chi connectivity index (χ4n) is 0.385. The fourth-order valence-corrected chi connectivity index (χ4v) is 0.385. The Kier molecular flexibility index (Phi) is 3.54. The highest BCUT2D eigenvalue weighted by molar-refractivity contribution is 5.73. The van der Waals surface area contributed by atoms with E-state index in [1.807, 2.05) is 6.92 Å². The molecule has 58 valence electrons. The molecule has 0 aromatic heterocycles. The maximum Gasteiger partial charge on any atom is 0.317 e. The molecule has 0 aromatic rings. The van der Waals surface area contributed by atoms with Crippen LogP contribution in [-0.2, 0) is 0 Å². The van der Waals surface area contributed by atoms with Gasteiger partial charge in [0.25, 0.3) is 0 Å². The summed E-state index contributed by atoms with van der Waals surface area (Å²) in [6.45, 7) is 6.08. The average molecular weight is 142 g/mol. The Labute approximate surface area is 61.7 Å². The van der Waals surface area contributed by atoms with E-state index in [9.17, 15) is 4.79 Å². The van der Waals surface area contributed by atoms with Crippen LogP contribution in [0.5, 0.6) is 0 Å². The van der Waals surface area contributed by atoms with Crippen molar-refractivity contribution in [2.24, 2.45) is 0 Å². The molecule has 3 heteroatoms. The minimum atomic E-state index is -0.0806. The van der Waals surface area contributed by atoms with Crippen LogP contribution in [0.2, 0.25) is 0 Å². The van der Waals surface area contributed by atoms with E-state index in [2.05, 4.69) is 11.9 Å². The van der Waals surface area contributed by atoms with Crippen molar-refractivity contribution in [2.75, 3.05) is 20.6 Å². The molecule has 0 fully saturated rings. The monoisotopic (exact) mass is 142 g/mol. The predicted molar refractivity (Wildman–Crippen MR) is 41.9 cm³/mol. The lowest BCUT2D eigenvalue weighted by Crippen LogP contribution is -2.35. The number of carbonyl (C=O) groups is 1. The summed E-state index contributed by atoms with van der Waals surface area (Å²) in [6, 6.07) is -0.0806. The molecule has 0 unspecified atom stereocenters. The van der Waals surface area contributed by atoms with E-state index in [0.29, 0.717) is 6.54 Å². The molecule has 0 aliphatic carbocycles. The summed E-state index contributed by atoms with van der Waals surface area (Å²) in [6.07, 6.45) is 0. The minimum Gasteiger partial charge on any atom is -0.334 e. The summed E-state index contributed by atoms with van der Waals surface area (Å²) in [5, 5.41) is 2.67. The second-order valence-corrected chi connectivity index (χ2v) is 2.51. The van der Waals surface area contributed by atoms with Gasteiger partial charge in [-0.25, -0.2) is 4.79 Å². The van der Waals surface area contributed by atoms with E-state index < -0.39 is 0 Å². The Morgan fingerprint density at radius 3 is 2.40 bits per heavy atom. The van der Waals surface area contributed by atoms with Crippen LogP contribution < -0.4 is 5.32 Å². The van der Waals surface area contributed by atoms with Crippen molar-refractivity contribution in [3.63, 3.8) is 0 Å². The molecule has 0 spiro atoms. The van der Waals surface area contributed by atoms with Gasteiger partial charge in [0.1, 0.15) is 0 Å². The molecular weight excluding hydrogens is 128 g/mol. The summed E-state index contributed by atoms with van der Waals surface area (Å²) in [7, 11) is 3.40. The van der Waals surface area contributed by atoms with Crippen LogP contribution in [-0.4, -0.2) is 31.6 Å². The van der Waals surface area contributed by atoms with Crippen LogP contribution in [0.1, 0.15) is 6.92 Å². The Balaban J connectivity index is 3.50. The van der Waals surface area contributed by atoms with E-state index in [1.54, 1.807) is 14.1 Å². The number of urea groups is 1. The molecule has 0 atom stereocenters. The van der Waals surface area contributed by atoms with Crippen molar-refractivity contribution >= 4 is 6.03 Å². The first-order valence-corrected chi connectivity index (χ1v) is 3.13. The van der Waals surface area contributed by atoms with Crippen molar-refractivity contribution in [3.8, 4) is 0 Å². The van der Waals surface area contributed by atoms with Crippen molar-refractivity contribution in [3.05, 3.63) is 12.2 Å². The van der Waals surface area contributed by atoms with Gasteiger partial charge in [-0.1, -0.05) is 12.2 Å². The number of hydrogen-bond donors (Lipinski definition) is 1. The Hall–Kier alpha value is -0.990. The molecular formula is C7H14N2O. The van der Waals surface area contributed by atoms with E-state index in [0.717, 1.165) is 5.57 Å². The zero-order valence-electron chi connectivity index (χ0n) is 6.77. The van der Waals surface area contributed by atoms with Gasteiger partial charge in [0.05, 0.1) is 0 Å². The molecule has 0 heterocycles. The average Bonchev–Trinajstić information content (AvgIpc) is 1.82. The molecule has 0 aliphatic rings. The van der Waals surface area contributed by atoms with Crippen LogP contribution in [0.3, 0.4) is 0 Å². The van der Waals surface area contributed by atoms with Gasteiger partial charge in [-0.05, 0) is 6.92 Å². The molecule has 0 bridgehead atoms. The zero-order valence-corrected chi connectivity index (χ0v) is 6.77. The van der Waals surface area contributed by atoms with Gasteiger partial charge in [0.2, 0.25) is 0 Å². The summed E-state index contributed by atoms with van der Waals surface area (Å²) in [5.74, 6) is 0. The molecule has 1 N–H and O–H groups in total. The summed E-state index contributed by atoms with van der Waals surface area (Å²) >= 11 is 0. The molecule has 10 heavy (non-hydrogen) atoms. The van der Waals surface area contributed by atoms with E-state index >= 15 is 0 Å². The highest BCUT2D eigenvalue weighted by Crippen LogP contribution is 1.83. The number of rotatable bonds is 2. The SMILES string of the molecule is C=C(C)CNC(=O)N(C)C. The van der Waals surface area contributed by atoms with Gasteiger partial charge < -0.3 is 10.2 Å². The third-order valence-electron chi connectivity index (χ3n) is 0.948. The van der Waals surface area contributed by atoms with Gasteiger partial charge in [0.15, 0.2) is 0 Å². The van der Waals surface area contributed by atoms with E-state index in [1.165, 1.54) is 4.90 Å². The van der Waals surface area contributed by atoms with Crippen molar-refractivity contribution in [1.29, 1.82) is 0 Å². The number of nitrogens with one attached hydrogen (secondary N) is 1. The molecule has 0 rings (SSSR count). The van der Waals surface area contributed by atoms with Crippen LogP contribution in [0.4, 0.5) is 4.79 Å². The molecule has 0 saturated carbocycles. The lowest BCUT2D eigenvalue weighted by atomic mass is 10.3. The fraction of sp³-hybridized carbons (Fsp3) is 0.571. The van der Waals surface area contributed by atoms with Crippen molar-refractivity contribution in [2.45, 2.75) is 6.92 Å². The Morgan fingerprint density at radius 2 is 2.10 bits per heavy atom. The standard InChI is InChI=1S/C7H14N2O/c1-6(2)5-8-7(10)9(3)4/h1,5H2,2-4H3,(H,8,10). The van der Waals surface area contributed by atoms with E-state index in [4.69, 9.17) is 0 Å². The topological polar surface area (TPSA) is 32.3 Å². The van der Waals surface area contributed by atoms with Crippen LogP contribution in [0.15, 0.2) is 12.2 Å². The first-order valence-electron chi connectivity index (χ1n) is 3.13. The lowest BCUT2D eigenvalue weighted by Gasteiger charge is -2.11. The molecule has 2 amide bonds. The van der Waals surface area contributed by atoms with Crippen LogP contribution in [0.25, 0.3) is 0 Å². The Bertz CT molecular complexity index is 141. The maximum atomic E-state index is 10.8. The van der Waals surface area contributed by atoms with Gasteiger partial charge in [-0.3, -0.25) is 0 Å². The summed E-state index contributed by atoms with van der Waals surface area (Å²) in [4.78, 5) is 12.3.